The first kappa shape index (κ1) is 17.9. The van der Waals surface area contributed by atoms with E-state index in [0.717, 1.165) is 0 Å². The zero-order chi connectivity index (χ0) is 15.9. The third-order valence-corrected chi connectivity index (χ3v) is 4.04. The molecule has 21 heavy (non-hydrogen) atoms. The third kappa shape index (κ3) is 6.01. The Kier molecular flexibility index (Phi) is 7.10. The minimum atomic E-state index is -3.79. The molecule has 1 N–H and O–H groups in total. The maximum Gasteiger partial charge on any atom is 0.261 e. The number of ether oxygens (including phenoxy) is 2. The van der Waals surface area contributed by atoms with Crippen LogP contribution in [-0.4, -0.2) is 47.8 Å². The summed E-state index contributed by atoms with van der Waals surface area (Å²) in [6.07, 6.45) is 0. The molecule has 0 atom stereocenters. The number of methoxy groups -OCH3 is 1. The Morgan fingerprint density at radius 2 is 2.00 bits per heavy atom. The molecular formula is C13H18ClNO5S. The number of rotatable bonds is 8. The third-order valence-electron chi connectivity index (χ3n) is 2.69. The molecule has 0 heterocycles. The summed E-state index contributed by atoms with van der Waals surface area (Å²) in [6.45, 7) is 3.35. The molecule has 1 aromatic carbocycles. The summed E-state index contributed by atoms with van der Waals surface area (Å²) < 4.78 is 32.4. The second-order valence-corrected chi connectivity index (χ2v) is 6.84. The Morgan fingerprint density at radius 3 is 2.57 bits per heavy atom. The number of nitrogens with one attached hydrogen (secondary N) is 1. The summed E-state index contributed by atoms with van der Waals surface area (Å²) >= 11 is 0. The lowest BCUT2D eigenvalue weighted by Gasteiger charge is -2.09. The molecule has 118 valence electrons. The fraction of sp³-hybridized carbons (Fsp3) is 0.462. The van der Waals surface area contributed by atoms with E-state index in [1.807, 2.05) is 0 Å². The van der Waals surface area contributed by atoms with Crippen LogP contribution in [0.25, 0.3) is 0 Å². The van der Waals surface area contributed by atoms with Crippen LogP contribution in [0, 0.1) is 6.92 Å². The minimum absolute atomic E-state index is 0.0267. The van der Waals surface area contributed by atoms with Crippen LogP contribution in [0.15, 0.2) is 23.1 Å². The van der Waals surface area contributed by atoms with Gasteiger partial charge in [-0.3, -0.25) is 4.79 Å². The van der Waals surface area contributed by atoms with Gasteiger partial charge in [0.25, 0.3) is 15.0 Å². The first-order valence-corrected chi connectivity index (χ1v) is 8.57. The van der Waals surface area contributed by atoms with E-state index >= 15 is 0 Å². The Balaban J connectivity index is 2.55. The van der Waals surface area contributed by atoms with E-state index in [1.165, 1.54) is 18.2 Å². The molecule has 0 unspecified atom stereocenters. The Labute approximate surface area is 128 Å². The summed E-state index contributed by atoms with van der Waals surface area (Å²) in [5.74, 6) is -0.290. The molecule has 0 aliphatic rings. The van der Waals surface area contributed by atoms with E-state index in [1.54, 1.807) is 14.0 Å². The highest BCUT2D eigenvalue weighted by Crippen LogP contribution is 2.18. The van der Waals surface area contributed by atoms with Crippen LogP contribution in [-0.2, 0) is 18.5 Å². The van der Waals surface area contributed by atoms with Crippen LogP contribution in [0.4, 0.5) is 0 Å². The number of carbonyl (C=O) groups is 1. The Bertz CT molecular complexity index is 588. The van der Waals surface area contributed by atoms with Gasteiger partial charge >= 0.3 is 0 Å². The van der Waals surface area contributed by atoms with Crippen molar-refractivity contribution in [3.8, 4) is 0 Å². The average Bonchev–Trinajstić information content (AvgIpc) is 2.41. The minimum Gasteiger partial charge on any atom is -0.382 e. The van der Waals surface area contributed by atoms with E-state index in [2.05, 4.69) is 5.32 Å². The van der Waals surface area contributed by atoms with Crippen LogP contribution in [0.3, 0.4) is 0 Å². The maximum atomic E-state index is 11.9. The molecule has 0 bridgehead atoms. The number of carbonyl (C=O) groups excluding carboxylic acids is 1. The average molecular weight is 336 g/mol. The second kappa shape index (κ2) is 8.33. The van der Waals surface area contributed by atoms with Gasteiger partial charge in [0.05, 0.1) is 24.7 Å². The quantitative estimate of drug-likeness (QED) is 0.572. The molecule has 0 radical (unpaired) electrons. The molecule has 1 amide bonds. The topological polar surface area (TPSA) is 81.7 Å². The molecule has 0 saturated heterocycles. The monoisotopic (exact) mass is 335 g/mol. The van der Waals surface area contributed by atoms with E-state index < -0.39 is 9.05 Å². The number of halogens is 1. The SMILES string of the molecule is COCCOCCNC(=O)c1ccc(S(=O)(=O)Cl)cc1C. The van der Waals surface area contributed by atoms with Crippen molar-refractivity contribution in [1.29, 1.82) is 0 Å². The highest BCUT2D eigenvalue weighted by molar-refractivity contribution is 8.13. The molecule has 0 aromatic heterocycles. The molecular weight excluding hydrogens is 318 g/mol. The Morgan fingerprint density at radius 1 is 1.29 bits per heavy atom. The second-order valence-electron chi connectivity index (χ2n) is 4.28. The highest BCUT2D eigenvalue weighted by atomic mass is 35.7. The first-order valence-electron chi connectivity index (χ1n) is 6.26. The van der Waals surface area contributed by atoms with Gasteiger partial charge in [-0.25, -0.2) is 8.42 Å². The first-order chi connectivity index (χ1) is 9.86. The van der Waals surface area contributed by atoms with Gasteiger partial charge in [0.2, 0.25) is 0 Å². The Hall–Kier alpha value is -1.15. The van der Waals surface area contributed by atoms with Crippen molar-refractivity contribution in [2.45, 2.75) is 11.8 Å². The van der Waals surface area contributed by atoms with Gasteiger partial charge in [-0.05, 0) is 30.7 Å². The maximum absolute atomic E-state index is 11.9. The number of amides is 1. The fourth-order valence-electron chi connectivity index (χ4n) is 1.62. The standard InChI is InChI=1S/C13H18ClNO5S/c1-10-9-11(21(14,17)18)3-4-12(10)13(16)15-5-6-20-8-7-19-2/h3-4,9H,5-8H2,1-2H3,(H,15,16). The van der Waals surface area contributed by atoms with Crippen molar-refractivity contribution in [2.75, 3.05) is 33.5 Å². The lowest BCUT2D eigenvalue weighted by molar-refractivity contribution is 0.0692. The molecule has 0 spiro atoms. The molecule has 0 aliphatic carbocycles. The zero-order valence-electron chi connectivity index (χ0n) is 11.9. The normalized spacial score (nSPS) is 11.4. The van der Waals surface area contributed by atoms with Gasteiger partial charge in [-0.1, -0.05) is 0 Å². The van der Waals surface area contributed by atoms with E-state index in [4.69, 9.17) is 20.2 Å². The van der Waals surface area contributed by atoms with Crippen LogP contribution in [0.1, 0.15) is 15.9 Å². The van der Waals surface area contributed by atoms with Crippen molar-refractivity contribution in [3.63, 3.8) is 0 Å². The van der Waals surface area contributed by atoms with E-state index in [9.17, 15) is 13.2 Å². The summed E-state index contributed by atoms with van der Waals surface area (Å²) in [6, 6.07) is 4.11. The van der Waals surface area contributed by atoms with Crippen LogP contribution >= 0.6 is 10.7 Å². The van der Waals surface area contributed by atoms with Crippen molar-refractivity contribution in [3.05, 3.63) is 29.3 Å². The predicted octanol–water partition coefficient (Wildman–Crippen LogP) is 1.32. The number of aryl methyl sites for hydroxylation is 1. The van der Waals surface area contributed by atoms with Crippen LogP contribution in [0.5, 0.6) is 0 Å². The number of hydrogen-bond acceptors (Lipinski definition) is 5. The lowest BCUT2D eigenvalue weighted by atomic mass is 10.1. The van der Waals surface area contributed by atoms with Crippen molar-refractivity contribution in [1.82, 2.24) is 5.32 Å². The highest BCUT2D eigenvalue weighted by Gasteiger charge is 2.14. The summed E-state index contributed by atoms with van der Waals surface area (Å²) in [5, 5.41) is 2.69. The fourth-order valence-corrected chi connectivity index (χ4v) is 2.45. The molecule has 6 nitrogen and oxygen atoms in total. The van der Waals surface area contributed by atoms with Crippen LogP contribution < -0.4 is 5.32 Å². The van der Waals surface area contributed by atoms with Crippen molar-refractivity contribution in [2.24, 2.45) is 0 Å². The molecule has 1 aromatic rings. The van der Waals surface area contributed by atoms with Gasteiger partial charge in [0.15, 0.2) is 0 Å². The molecule has 0 saturated carbocycles. The predicted molar refractivity (Wildman–Crippen MR) is 79.2 cm³/mol. The number of hydrogen-bond donors (Lipinski definition) is 1. The molecule has 8 heteroatoms. The summed E-state index contributed by atoms with van der Waals surface area (Å²) in [4.78, 5) is 11.9. The van der Waals surface area contributed by atoms with Crippen molar-refractivity contribution < 1.29 is 22.7 Å². The lowest BCUT2D eigenvalue weighted by Crippen LogP contribution is -2.28. The van der Waals surface area contributed by atoms with Gasteiger partial charge in [-0.15, -0.1) is 0 Å². The number of benzene rings is 1. The molecule has 0 aliphatic heterocycles. The van der Waals surface area contributed by atoms with Gasteiger partial charge in [-0.2, -0.15) is 0 Å². The van der Waals surface area contributed by atoms with Gasteiger partial charge in [0.1, 0.15) is 0 Å². The van der Waals surface area contributed by atoms with Gasteiger partial charge < -0.3 is 14.8 Å². The smallest absolute Gasteiger partial charge is 0.261 e. The zero-order valence-corrected chi connectivity index (χ0v) is 13.5. The van der Waals surface area contributed by atoms with Gasteiger partial charge in [0, 0.05) is 29.9 Å². The molecule has 0 fully saturated rings. The summed E-state index contributed by atoms with van der Waals surface area (Å²) in [7, 11) is 3.04. The van der Waals surface area contributed by atoms with E-state index in [0.29, 0.717) is 37.5 Å². The summed E-state index contributed by atoms with van der Waals surface area (Å²) in [5.41, 5.74) is 0.936. The largest absolute Gasteiger partial charge is 0.382 e. The molecule has 1 rings (SSSR count). The van der Waals surface area contributed by atoms with Crippen molar-refractivity contribution >= 4 is 25.6 Å². The van der Waals surface area contributed by atoms with Crippen LogP contribution in [0.2, 0.25) is 0 Å². The van der Waals surface area contributed by atoms with E-state index in [-0.39, 0.29) is 10.8 Å².